The smallest absolute Gasteiger partial charge is 0.340 e. The van der Waals surface area contributed by atoms with Crippen LogP contribution in [0.3, 0.4) is 0 Å². The molecule has 0 bridgehead atoms. The van der Waals surface area contributed by atoms with Crippen molar-refractivity contribution in [3.63, 3.8) is 0 Å². The molecule has 3 aromatic heterocycles. The van der Waals surface area contributed by atoms with E-state index in [9.17, 15) is 4.79 Å². The highest BCUT2D eigenvalue weighted by Crippen LogP contribution is 2.16. The molecule has 0 spiro atoms. The fourth-order valence-corrected chi connectivity index (χ4v) is 2.47. The van der Waals surface area contributed by atoms with E-state index < -0.39 is 5.97 Å². The van der Waals surface area contributed by atoms with E-state index in [1.807, 2.05) is 28.8 Å². The van der Waals surface area contributed by atoms with Gasteiger partial charge in [0.05, 0.1) is 22.8 Å². The Labute approximate surface area is 142 Å². The Balaban J connectivity index is 1.50. The lowest BCUT2D eigenvalue weighted by atomic mass is 10.3. The third kappa shape index (κ3) is 2.99. The van der Waals surface area contributed by atoms with E-state index in [4.69, 9.17) is 9.15 Å². The second-order valence-corrected chi connectivity index (χ2v) is 5.45. The van der Waals surface area contributed by atoms with Gasteiger partial charge >= 0.3 is 5.97 Å². The van der Waals surface area contributed by atoms with Gasteiger partial charge in [0, 0.05) is 6.20 Å². The number of aryl methyl sites for hydroxylation is 1. The first-order valence-electron chi connectivity index (χ1n) is 7.67. The van der Waals surface area contributed by atoms with Crippen molar-refractivity contribution in [1.29, 1.82) is 0 Å². The number of carbonyl (C=O) groups is 1. The lowest BCUT2D eigenvalue weighted by molar-refractivity contribution is 0.0436. The quantitative estimate of drug-likeness (QED) is 0.533. The summed E-state index contributed by atoms with van der Waals surface area (Å²) in [6.07, 6.45) is 4.76. The fourth-order valence-electron chi connectivity index (χ4n) is 2.47. The number of carbonyl (C=O) groups excluding carboxylic acids is 1. The fraction of sp³-hybridized carbons (Fsp3) is 0.111. The summed E-state index contributed by atoms with van der Waals surface area (Å²) < 4.78 is 12.3. The zero-order valence-electron chi connectivity index (χ0n) is 13.4. The zero-order valence-corrected chi connectivity index (χ0v) is 13.4. The third-order valence-electron chi connectivity index (χ3n) is 3.68. The van der Waals surface area contributed by atoms with Crippen molar-refractivity contribution in [3.8, 4) is 5.82 Å². The number of rotatable bonds is 4. The molecule has 3 heterocycles. The predicted molar refractivity (Wildman–Crippen MR) is 89.2 cm³/mol. The van der Waals surface area contributed by atoms with Gasteiger partial charge < -0.3 is 9.15 Å². The third-order valence-corrected chi connectivity index (χ3v) is 3.68. The molecule has 0 N–H and O–H groups in total. The molecular weight excluding hydrogens is 320 g/mol. The molecule has 0 fully saturated rings. The van der Waals surface area contributed by atoms with E-state index in [1.54, 1.807) is 31.6 Å². The van der Waals surface area contributed by atoms with Crippen molar-refractivity contribution in [2.24, 2.45) is 0 Å². The monoisotopic (exact) mass is 334 g/mol. The highest BCUT2D eigenvalue weighted by Gasteiger charge is 2.11. The minimum atomic E-state index is -0.481. The zero-order chi connectivity index (χ0) is 17.2. The second-order valence-electron chi connectivity index (χ2n) is 5.45. The number of imidazole rings is 1. The average Bonchev–Trinajstić information content (AvgIpc) is 3.26. The van der Waals surface area contributed by atoms with Crippen molar-refractivity contribution in [2.45, 2.75) is 13.5 Å². The van der Waals surface area contributed by atoms with E-state index in [1.165, 1.54) is 6.20 Å². The van der Waals surface area contributed by atoms with Crippen LogP contribution < -0.4 is 0 Å². The van der Waals surface area contributed by atoms with E-state index in [2.05, 4.69) is 15.0 Å². The summed E-state index contributed by atoms with van der Waals surface area (Å²) in [5.74, 6) is 1.23. The summed E-state index contributed by atoms with van der Waals surface area (Å²) >= 11 is 0. The molecule has 1 aromatic carbocycles. The Morgan fingerprint density at radius 3 is 2.76 bits per heavy atom. The van der Waals surface area contributed by atoms with E-state index in [0.717, 1.165) is 11.0 Å². The van der Waals surface area contributed by atoms with Crippen LogP contribution in [0.1, 0.15) is 22.0 Å². The Morgan fingerprint density at radius 2 is 2.00 bits per heavy atom. The van der Waals surface area contributed by atoms with E-state index in [-0.39, 0.29) is 6.61 Å². The molecule has 7 nitrogen and oxygen atoms in total. The largest absolute Gasteiger partial charge is 0.452 e. The maximum Gasteiger partial charge on any atom is 0.340 e. The van der Waals surface area contributed by atoms with Crippen LogP contribution in [0.5, 0.6) is 0 Å². The Hall–Kier alpha value is -3.48. The number of fused-ring (bicyclic) bond motifs is 1. The summed E-state index contributed by atoms with van der Waals surface area (Å²) in [5, 5.41) is 0. The molecule has 0 saturated heterocycles. The molecule has 4 rings (SSSR count). The Bertz CT molecular complexity index is 1030. The Morgan fingerprint density at radius 1 is 1.12 bits per heavy atom. The normalized spacial score (nSPS) is 10.9. The van der Waals surface area contributed by atoms with Crippen molar-refractivity contribution >= 4 is 17.0 Å². The predicted octanol–water partition coefficient (Wildman–Crippen LogP) is 3.07. The van der Waals surface area contributed by atoms with Gasteiger partial charge in [-0.25, -0.2) is 19.7 Å². The highest BCUT2D eigenvalue weighted by molar-refractivity contribution is 5.89. The SMILES string of the molecule is Cc1cnc(COC(=O)c2ccc(-n3cnc4ccccc43)nc2)o1. The number of nitrogens with zero attached hydrogens (tertiary/aromatic N) is 4. The number of para-hydroxylation sites is 2. The second kappa shape index (κ2) is 6.20. The van der Waals surface area contributed by atoms with Crippen LogP contribution >= 0.6 is 0 Å². The van der Waals surface area contributed by atoms with Gasteiger partial charge in [0.2, 0.25) is 5.89 Å². The molecule has 7 heteroatoms. The lowest BCUT2D eigenvalue weighted by Crippen LogP contribution is -2.07. The van der Waals surface area contributed by atoms with Crippen molar-refractivity contribution < 1.29 is 13.9 Å². The first-order chi connectivity index (χ1) is 12.2. The average molecular weight is 334 g/mol. The topological polar surface area (TPSA) is 83.0 Å². The standard InChI is InChI=1S/C18H14N4O3/c1-12-8-20-17(25-12)10-24-18(23)13-6-7-16(19-9-13)22-11-21-14-4-2-3-5-15(14)22/h2-9,11H,10H2,1H3. The summed E-state index contributed by atoms with van der Waals surface area (Å²) in [5.41, 5.74) is 2.19. The minimum absolute atomic E-state index is 0.0133. The molecule has 0 atom stereocenters. The summed E-state index contributed by atoms with van der Waals surface area (Å²) in [4.78, 5) is 24.7. The molecule has 0 amide bonds. The van der Waals surface area contributed by atoms with Gasteiger partial charge in [0.1, 0.15) is 17.9 Å². The first-order valence-corrected chi connectivity index (χ1v) is 7.67. The molecule has 4 aromatic rings. The van der Waals surface area contributed by atoms with E-state index >= 15 is 0 Å². The summed E-state index contributed by atoms with van der Waals surface area (Å²) in [6, 6.07) is 11.2. The molecule has 0 saturated carbocycles. The number of oxazole rings is 1. The molecule has 0 radical (unpaired) electrons. The number of pyridine rings is 1. The van der Waals surface area contributed by atoms with Crippen LogP contribution in [0.2, 0.25) is 0 Å². The van der Waals surface area contributed by atoms with Crippen molar-refractivity contribution in [3.05, 3.63) is 72.3 Å². The molecule has 0 aliphatic rings. The minimum Gasteiger partial charge on any atom is -0.452 e. The first kappa shape index (κ1) is 15.1. The molecule has 0 unspecified atom stereocenters. The van der Waals surface area contributed by atoms with Crippen LogP contribution in [0.15, 0.2) is 59.5 Å². The number of aromatic nitrogens is 4. The van der Waals surface area contributed by atoms with Gasteiger partial charge in [-0.3, -0.25) is 4.57 Å². The van der Waals surface area contributed by atoms with Gasteiger partial charge in [0.15, 0.2) is 6.61 Å². The molecule has 25 heavy (non-hydrogen) atoms. The van der Waals surface area contributed by atoms with Crippen LogP contribution in [0.25, 0.3) is 16.9 Å². The number of ether oxygens (including phenoxy) is 1. The van der Waals surface area contributed by atoms with Crippen LogP contribution in [0, 0.1) is 6.92 Å². The van der Waals surface area contributed by atoms with Crippen molar-refractivity contribution in [2.75, 3.05) is 0 Å². The summed E-state index contributed by atoms with van der Waals surface area (Å²) in [7, 11) is 0. The van der Waals surface area contributed by atoms with Crippen molar-refractivity contribution in [1.82, 2.24) is 19.5 Å². The lowest BCUT2D eigenvalue weighted by Gasteiger charge is -2.05. The van der Waals surface area contributed by atoms with Gasteiger partial charge in [0.25, 0.3) is 0 Å². The number of benzene rings is 1. The van der Waals surface area contributed by atoms with Gasteiger partial charge in [-0.1, -0.05) is 12.1 Å². The van der Waals surface area contributed by atoms with Gasteiger partial charge in [-0.2, -0.15) is 0 Å². The molecule has 0 aliphatic carbocycles. The maximum absolute atomic E-state index is 12.1. The molecular formula is C18H14N4O3. The maximum atomic E-state index is 12.1. The van der Waals surface area contributed by atoms with Crippen LogP contribution in [-0.2, 0) is 11.3 Å². The van der Waals surface area contributed by atoms with E-state index in [0.29, 0.717) is 23.0 Å². The van der Waals surface area contributed by atoms with Gasteiger partial charge in [-0.05, 0) is 31.2 Å². The highest BCUT2D eigenvalue weighted by atomic mass is 16.5. The molecule has 124 valence electrons. The van der Waals surface area contributed by atoms with Gasteiger partial charge in [-0.15, -0.1) is 0 Å². The summed E-state index contributed by atoms with van der Waals surface area (Å²) in [6.45, 7) is 1.77. The number of hydrogen-bond acceptors (Lipinski definition) is 6. The van der Waals surface area contributed by atoms with Crippen LogP contribution in [-0.4, -0.2) is 25.5 Å². The van der Waals surface area contributed by atoms with Crippen LogP contribution in [0.4, 0.5) is 0 Å². The Kier molecular flexibility index (Phi) is 3.74. The number of hydrogen-bond donors (Lipinski definition) is 0. The molecule has 0 aliphatic heterocycles. The number of esters is 1.